The minimum absolute atomic E-state index is 0.0548. The smallest absolute Gasteiger partial charge is 0.157 e. The molecule has 0 saturated carbocycles. The fourth-order valence-corrected chi connectivity index (χ4v) is 1.94. The van der Waals surface area contributed by atoms with Crippen LogP contribution in [0.1, 0.15) is 52.9 Å². The molecule has 98 valence electrons. The van der Waals surface area contributed by atoms with Crippen LogP contribution in [-0.2, 0) is 10.8 Å². The van der Waals surface area contributed by atoms with E-state index < -0.39 is 0 Å². The fraction of sp³-hybridized carbons (Fsp3) is 0.571. The van der Waals surface area contributed by atoms with Crippen molar-refractivity contribution in [2.24, 2.45) is 0 Å². The molecule has 2 aromatic rings. The monoisotopic (exact) mass is 265 g/mol. The van der Waals surface area contributed by atoms with E-state index in [1.807, 2.05) is 6.07 Å². The van der Waals surface area contributed by atoms with Gasteiger partial charge in [-0.15, -0.1) is 5.10 Å². The molecule has 0 radical (unpaired) electrons. The van der Waals surface area contributed by atoms with Crippen molar-refractivity contribution in [1.29, 1.82) is 0 Å². The molecular weight excluding hydrogens is 246 g/mol. The molecule has 2 aromatic heterocycles. The van der Waals surface area contributed by atoms with E-state index in [4.69, 9.17) is 11.6 Å². The summed E-state index contributed by atoms with van der Waals surface area (Å²) >= 11 is 6.29. The van der Waals surface area contributed by atoms with Crippen molar-refractivity contribution in [2.75, 3.05) is 0 Å². The predicted molar refractivity (Wildman–Crippen MR) is 75.4 cm³/mol. The Hall–Kier alpha value is -1.09. The summed E-state index contributed by atoms with van der Waals surface area (Å²) in [6.07, 6.45) is 0. The van der Waals surface area contributed by atoms with Crippen molar-refractivity contribution in [2.45, 2.75) is 52.4 Å². The maximum atomic E-state index is 6.29. The molecule has 18 heavy (non-hydrogen) atoms. The quantitative estimate of drug-likeness (QED) is 0.675. The second kappa shape index (κ2) is 3.95. The Balaban J connectivity index is 2.67. The topological polar surface area (TPSA) is 30.2 Å². The Kier molecular flexibility index (Phi) is 2.93. The van der Waals surface area contributed by atoms with Crippen LogP contribution in [0.2, 0.25) is 5.15 Å². The molecule has 4 heteroatoms. The molecule has 0 bridgehead atoms. The van der Waals surface area contributed by atoms with Crippen LogP contribution in [0.4, 0.5) is 0 Å². The number of aromatic nitrogens is 3. The van der Waals surface area contributed by atoms with Gasteiger partial charge in [-0.25, -0.2) is 9.50 Å². The molecule has 0 atom stereocenters. The molecule has 0 aliphatic rings. The number of hydrogen-bond acceptors (Lipinski definition) is 2. The standard InChI is InChI=1S/C14H20ClN3/c1-13(2,3)9-7-10(15)18-11(8-9)16-12(17-18)14(4,5)6/h7-8H,1-6H3. The van der Waals surface area contributed by atoms with E-state index in [0.29, 0.717) is 5.15 Å². The minimum atomic E-state index is -0.0722. The van der Waals surface area contributed by atoms with Gasteiger partial charge in [-0.2, -0.15) is 0 Å². The first kappa shape index (κ1) is 13.3. The third kappa shape index (κ3) is 2.37. The summed E-state index contributed by atoms with van der Waals surface area (Å²) in [5.74, 6) is 0.815. The van der Waals surface area contributed by atoms with Crippen LogP contribution in [0.3, 0.4) is 0 Å². The molecule has 0 saturated heterocycles. The van der Waals surface area contributed by atoms with Gasteiger partial charge in [0.25, 0.3) is 0 Å². The highest BCUT2D eigenvalue weighted by Crippen LogP contribution is 2.27. The molecule has 2 heterocycles. The highest BCUT2D eigenvalue weighted by molar-refractivity contribution is 6.29. The Bertz CT molecular complexity index is 585. The molecular formula is C14H20ClN3. The zero-order valence-electron chi connectivity index (χ0n) is 11.9. The Morgan fingerprint density at radius 1 is 1.00 bits per heavy atom. The summed E-state index contributed by atoms with van der Waals surface area (Å²) in [5, 5.41) is 5.09. The van der Waals surface area contributed by atoms with Crippen LogP contribution < -0.4 is 0 Å². The van der Waals surface area contributed by atoms with E-state index >= 15 is 0 Å². The van der Waals surface area contributed by atoms with Gasteiger partial charge in [0.1, 0.15) is 5.15 Å². The SMILES string of the molecule is CC(C)(C)c1cc(Cl)n2nc(C(C)(C)C)nc2c1. The van der Waals surface area contributed by atoms with Crippen molar-refractivity contribution >= 4 is 17.2 Å². The van der Waals surface area contributed by atoms with Crippen LogP contribution in [0.15, 0.2) is 12.1 Å². The number of rotatable bonds is 0. The first-order chi connectivity index (χ1) is 8.09. The summed E-state index contributed by atoms with van der Waals surface area (Å²) in [6.45, 7) is 12.8. The third-order valence-electron chi connectivity index (χ3n) is 2.93. The van der Waals surface area contributed by atoms with Gasteiger partial charge in [-0.05, 0) is 23.1 Å². The number of pyridine rings is 1. The maximum Gasteiger partial charge on any atom is 0.157 e. The molecule has 0 aliphatic heterocycles. The van der Waals surface area contributed by atoms with Crippen LogP contribution >= 0.6 is 11.6 Å². The zero-order valence-corrected chi connectivity index (χ0v) is 12.6. The third-order valence-corrected chi connectivity index (χ3v) is 3.20. The van der Waals surface area contributed by atoms with Gasteiger partial charge < -0.3 is 0 Å². The van der Waals surface area contributed by atoms with E-state index in [0.717, 1.165) is 11.5 Å². The van der Waals surface area contributed by atoms with Crippen molar-refractivity contribution in [1.82, 2.24) is 14.6 Å². The number of halogens is 1. The highest BCUT2D eigenvalue weighted by Gasteiger charge is 2.22. The normalized spacial score (nSPS) is 13.3. The summed E-state index contributed by atoms with van der Waals surface area (Å²) < 4.78 is 1.71. The lowest BCUT2D eigenvalue weighted by molar-refractivity contribution is 0.545. The molecule has 2 rings (SSSR count). The first-order valence-corrected chi connectivity index (χ1v) is 6.54. The lowest BCUT2D eigenvalue weighted by atomic mass is 9.88. The average molecular weight is 266 g/mol. The van der Waals surface area contributed by atoms with Crippen LogP contribution in [0, 0.1) is 0 Å². The van der Waals surface area contributed by atoms with Gasteiger partial charge in [0, 0.05) is 5.41 Å². The summed E-state index contributed by atoms with van der Waals surface area (Å²) in [6, 6.07) is 4.03. The predicted octanol–water partition coefficient (Wildman–Crippen LogP) is 3.98. The van der Waals surface area contributed by atoms with E-state index in [1.165, 1.54) is 5.56 Å². The largest absolute Gasteiger partial charge is 0.211 e. The summed E-state index contributed by atoms with van der Waals surface area (Å²) in [5.41, 5.74) is 1.97. The van der Waals surface area contributed by atoms with Crippen molar-refractivity contribution in [3.8, 4) is 0 Å². The second-order valence-electron chi connectivity index (χ2n) is 6.77. The lowest BCUT2D eigenvalue weighted by Crippen LogP contribution is -2.13. The molecule has 0 aromatic carbocycles. The molecule has 0 amide bonds. The lowest BCUT2D eigenvalue weighted by Gasteiger charge is -2.19. The van der Waals surface area contributed by atoms with Crippen molar-refractivity contribution < 1.29 is 0 Å². The van der Waals surface area contributed by atoms with E-state index in [2.05, 4.69) is 57.7 Å². The first-order valence-electron chi connectivity index (χ1n) is 6.16. The molecule has 0 N–H and O–H groups in total. The molecule has 0 aliphatic carbocycles. The van der Waals surface area contributed by atoms with Crippen molar-refractivity contribution in [3.05, 3.63) is 28.7 Å². The summed E-state index contributed by atoms with van der Waals surface area (Å²) in [4.78, 5) is 4.59. The number of hydrogen-bond donors (Lipinski definition) is 0. The molecule has 0 spiro atoms. The maximum absolute atomic E-state index is 6.29. The highest BCUT2D eigenvalue weighted by atomic mass is 35.5. The Morgan fingerprint density at radius 3 is 2.11 bits per heavy atom. The van der Waals surface area contributed by atoms with Gasteiger partial charge in [-0.3, -0.25) is 0 Å². The zero-order chi connectivity index (χ0) is 13.7. The van der Waals surface area contributed by atoms with Crippen LogP contribution in [-0.4, -0.2) is 14.6 Å². The summed E-state index contributed by atoms with van der Waals surface area (Å²) in [7, 11) is 0. The molecule has 3 nitrogen and oxygen atoms in total. The van der Waals surface area contributed by atoms with Crippen LogP contribution in [0.5, 0.6) is 0 Å². The Morgan fingerprint density at radius 2 is 1.61 bits per heavy atom. The van der Waals surface area contributed by atoms with Crippen LogP contribution in [0.25, 0.3) is 5.65 Å². The van der Waals surface area contributed by atoms with E-state index in [1.54, 1.807) is 4.52 Å². The van der Waals surface area contributed by atoms with Gasteiger partial charge in [0.15, 0.2) is 11.5 Å². The van der Waals surface area contributed by atoms with E-state index in [-0.39, 0.29) is 10.8 Å². The van der Waals surface area contributed by atoms with E-state index in [9.17, 15) is 0 Å². The Labute approximate surface area is 113 Å². The fourth-order valence-electron chi connectivity index (χ4n) is 1.70. The number of nitrogens with zero attached hydrogens (tertiary/aromatic N) is 3. The van der Waals surface area contributed by atoms with Gasteiger partial charge >= 0.3 is 0 Å². The van der Waals surface area contributed by atoms with Gasteiger partial charge in [0.05, 0.1) is 0 Å². The van der Waals surface area contributed by atoms with Gasteiger partial charge in [-0.1, -0.05) is 53.1 Å². The number of fused-ring (bicyclic) bond motifs is 1. The molecule has 0 unspecified atom stereocenters. The molecule has 0 fully saturated rings. The minimum Gasteiger partial charge on any atom is -0.211 e. The average Bonchev–Trinajstić information content (AvgIpc) is 2.59. The van der Waals surface area contributed by atoms with Crippen molar-refractivity contribution in [3.63, 3.8) is 0 Å². The second-order valence-corrected chi connectivity index (χ2v) is 7.16. The van der Waals surface area contributed by atoms with Gasteiger partial charge in [0.2, 0.25) is 0 Å².